The van der Waals surface area contributed by atoms with Crippen LogP contribution in [-0.2, 0) is 4.79 Å². The number of aromatic hydroxyl groups is 1. The first kappa shape index (κ1) is 11.6. The van der Waals surface area contributed by atoms with Crippen molar-refractivity contribution < 1.29 is 15.0 Å². The van der Waals surface area contributed by atoms with Gasteiger partial charge in [0.1, 0.15) is 10.1 Å². The van der Waals surface area contributed by atoms with Crippen LogP contribution in [0, 0.1) is 5.92 Å². The Hall–Kier alpha value is -0.930. The summed E-state index contributed by atoms with van der Waals surface area (Å²) in [5.74, 6) is -1.18. The molecular weight excluding hydrogens is 251 g/mol. The van der Waals surface area contributed by atoms with Gasteiger partial charge in [-0.15, -0.1) is 23.2 Å². The number of rotatable bonds is 3. The highest BCUT2D eigenvalue weighted by atomic mass is 35.5. The maximum atomic E-state index is 10.6. The molecule has 0 aliphatic heterocycles. The second-order valence-corrected chi connectivity index (χ2v) is 5.39. The van der Waals surface area contributed by atoms with Gasteiger partial charge in [-0.05, 0) is 17.7 Å². The molecule has 0 aromatic heterocycles. The first-order chi connectivity index (χ1) is 7.43. The predicted octanol–water partition coefficient (Wildman–Crippen LogP) is 2.75. The normalized spacial score (nSPS) is 26.4. The Balaban J connectivity index is 2.17. The summed E-state index contributed by atoms with van der Waals surface area (Å²) in [7, 11) is 0. The van der Waals surface area contributed by atoms with E-state index < -0.39 is 10.3 Å². The van der Waals surface area contributed by atoms with E-state index in [0.29, 0.717) is 0 Å². The van der Waals surface area contributed by atoms with Gasteiger partial charge in [0.25, 0.3) is 0 Å². The van der Waals surface area contributed by atoms with Gasteiger partial charge in [-0.1, -0.05) is 12.1 Å². The Morgan fingerprint density at radius 1 is 1.31 bits per heavy atom. The summed E-state index contributed by atoms with van der Waals surface area (Å²) >= 11 is 12.1. The molecule has 0 heterocycles. The van der Waals surface area contributed by atoms with Gasteiger partial charge in [0.2, 0.25) is 0 Å². The van der Waals surface area contributed by atoms with Crippen LogP contribution in [0.15, 0.2) is 24.3 Å². The number of phenolic OH excluding ortho intramolecular Hbond substituents is 1. The van der Waals surface area contributed by atoms with Crippen LogP contribution >= 0.6 is 23.2 Å². The molecule has 86 valence electrons. The summed E-state index contributed by atoms with van der Waals surface area (Å²) in [4.78, 5) is 10.6. The van der Waals surface area contributed by atoms with E-state index in [9.17, 15) is 4.79 Å². The summed E-state index contributed by atoms with van der Waals surface area (Å²) in [6, 6.07) is 6.49. The van der Waals surface area contributed by atoms with Crippen molar-refractivity contribution in [2.45, 2.75) is 16.7 Å². The molecule has 0 saturated heterocycles. The largest absolute Gasteiger partial charge is 0.508 e. The van der Waals surface area contributed by atoms with Gasteiger partial charge in [-0.25, -0.2) is 0 Å². The third kappa shape index (κ3) is 1.97. The van der Waals surface area contributed by atoms with Crippen molar-refractivity contribution in [3.05, 3.63) is 29.8 Å². The average Bonchev–Trinajstić information content (AvgIpc) is 2.69. The summed E-state index contributed by atoms with van der Waals surface area (Å²) in [5, 5.41) is 17.8. The number of phenols is 1. The van der Waals surface area contributed by atoms with Crippen LogP contribution in [0.5, 0.6) is 5.75 Å². The molecule has 1 saturated carbocycles. The van der Waals surface area contributed by atoms with E-state index in [1.807, 2.05) is 0 Å². The van der Waals surface area contributed by atoms with Crippen LogP contribution in [0.4, 0.5) is 0 Å². The van der Waals surface area contributed by atoms with E-state index >= 15 is 0 Å². The maximum Gasteiger partial charge on any atom is 0.303 e. The van der Waals surface area contributed by atoms with Crippen molar-refractivity contribution in [1.29, 1.82) is 0 Å². The van der Waals surface area contributed by atoms with Crippen molar-refractivity contribution in [3.63, 3.8) is 0 Å². The van der Waals surface area contributed by atoms with E-state index in [-0.39, 0.29) is 24.0 Å². The van der Waals surface area contributed by atoms with E-state index in [0.717, 1.165) is 5.56 Å². The lowest BCUT2D eigenvalue weighted by atomic mass is 10.1. The quantitative estimate of drug-likeness (QED) is 0.822. The highest BCUT2D eigenvalue weighted by Gasteiger charge is 2.64. The lowest BCUT2D eigenvalue weighted by Crippen LogP contribution is -1.99. The molecule has 1 aliphatic carbocycles. The van der Waals surface area contributed by atoms with Crippen molar-refractivity contribution in [3.8, 4) is 5.75 Å². The van der Waals surface area contributed by atoms with E-state index in [1.165, 1.54) is 12.1 Å². The van der Waals surface area contributed by atoms with Gasteiger partial charge in [0.05, 0.1) is 6.42 Å². The number of hydrogen-bond acceptors (Lipinski definition) is 2. The van der Waals surface area contributed by atoms with Crippen molar-refractivity contribution in [2.24, 2.45) is 5.92 Å². The van der Waals surface area contributed by atoms with Crippen LogP contribution in [0.1, 0.15) is 17.9 Å². The Kier molecular flexibility index (Phi) is 2.76. The number of carboxylic acids is 1. The number of benzene rings is 1. The number of halogens is 2. The first-order valence-corrected chi connectivity index (χ1v) is 5.57. The summed E-state index contributed by atoms with van der Waals surface area (Å²) < 4.78 is -1.00. The van der Waals surface area contributed by atoms with Gasteiger partial charge in [-0.2, -0.15) is 0 Å². The monoisotopic (exact) mass is 260 g/mol. The molecule has 2 atom stereocenters. The highest BCUT2D eigenvalue weighted by molar-refractivity contribution is 6.52. The topological polar surface area (TPSA) is 57.5 Å². The molecule has 3 nitrogen and oxygen atoms in total. The predicted molar refractivity (Wildman–Crippen MR) is 61.0 cm³/mol. The number of carbonyl (C=O) groups is 1. The molecule has 1 aromatic carbocycles. The summed E-state index contributed by atoms with van der Waals surface area (Å²) in [5.41, 5.74) is 0.856. The number of hydrogen-bond donors (Lipinski definition) is 2. The Morgan fingerprint density at radius 2 is 1.88 bits per heavy atom. The fourth-order valence-electron chi connectivity index (χ4n) is 1.97. The molecule has 1 aromatic rings. The van der Waals surface area contributed by atoms with E-state index in [1.54, 1.807) is 12.1 Å². The second-order valence-electron chi connectivity index (χ2n) is 3.95. The Morgan fingerprint density at radius 3 is 2.38 bits per heavy atom. The zero-order valence-electron chi connectivity index (χ0n) is 8.23. The summed E-state index contributed by atoms with van der Waals surface area (Å²) in [6.45, 7) is 0. The molecule has 1 aliphatic rings. The third-order valence-electron chi connectivity index (χ3n) is 2.85. The fourth-order valence-corrected chi connectivity index (χ4v) is 2.80. The van der Waals surface area contributed by atoms with Gasteiger partial charge in [0.15, 0.2) is 0 Å². The molecule has 2 unspecified atom stereocenters. The van der Waals surface area contributed by atoms with Crippen molar-refractivity contribution in [2.75, 3.05) is 0 Å². The molecule has 5 heteroatoms. The highest BCUT2D eigenvalue weighted by Crippen LogP contribution is 2.66. The maximum absolute atomic E-state index is 10.6. The molecule has 16 heavy (non-hydrogen) atoms. The van der Waals surface area contributed by atoms with Crippen molar-refractivity contribution in [1.82, 2.24) is 0 Å². The van der Waals surface area contributed by atoms with E-state index in [2.05, 4.69) is 0 Å². The lowest BCUT2D eigenvalue weighted by Gasteiger charge is -1.99. The minimum atomic E-state index is -1.00. The summed E-state index contributed by atoms with van der Waals surface area (Å²) in [6.07, 6.45) is -0.0431. The first-order valence-electron chi connectivity index (χ1n) is 4.81. The van der Waals surface area contributed by atoms with Crippen LogP contribution in [0.3, 0.4) is 0 Å². The van der Waals surface area contributed by atoms with Gasteiger partial charge in [-0.3, -0.25) is 4.79 Å². The molecule has 0 spiro atoms. The van der Waals surface area contributed by atoms with Gasteiger partial charge < -0.3 is 10.2 Å². The molecule has 0 bridgehead atoms. The Labute approximate surface area is 103 Å². The fraction of sp³-hybridized carbons (Fsp3) is 0.364. The molecule has 1 fully saturated rings. The lowest BCUT2D eigenvalue weighted by molar-refractivity contribution is -0.137. The Bertz CT molecular complexity index is 414. The molecular formula is C11H10Cl2O3. The van der Waals surface area contributed by atoms with E-state index in [4.69, 9.17) is 33.4 Å². The second kappa shape index (κ2) is 3.82. The molecule has 0 radical (unpaired) electrons. The number of alkyl halides is 2. The average molecular weight is 261 g/mol. The molecule has 2 rings (SSSR count). The van der Waals surface area contributed by atoms with Crippen molar-refractivity contribution >= 4 is 29.2 Å². The smallest absolute Gasteiger partial charge is 0.303 e. The van der Waals surface area contributed by atoms with Crippen LogP contribution < -0.4 is 0 Å². The minimum absolute atomic E-state index is 0.0431. The third-order valence-corrected chi connectivity index (χ3v) is 3.88. The van der Waals surface area contributed by atoms with Gasteiger partial charge >= 0.3 is 5.97 Å². The zero-order valence-corrected chi connectivity index (χ0v) is 9.74. The minimum Gasteiger partial charge on any atom is -0.508 e. The number of carboxylic acid groups (broad SMARTS) is 1. The molecule has 0 amide bonds. The van der Waals surface area contributed by atoms with Crippen LogP contribution in [0.25, 0.3) is 0 Å². The number of aliphatic carboxylic acids is 1. The van der Waals surface area contributed by atoms with Gasteiger partial charge in [0, 0.05) is 11.8 Å². The standard InChI is InChI=1S/C11H10Cl2O3/c12-11(13)8(5-9(15)16)10(11)6-1-3-7(14)4-2-6/h1-4,8,10,14H,5H2,(H,15,16). The zero-order chi connectivity index (χ0) is 11.9. The van der Waals surface area contributed by atoms with Crippen LogP contribution in [-0.4, -0.2) is 20.5 Å². The SMILES string of the molecule is O=C(O)CC1C(c2ccc(O)cc2)C1(Cl)Cl. The molecule has 2 N–H and O–H groups in total. The van der Waals surface area contributed by atoms with Crippen LogP contribution in [0.2, 0.25) is 0 Å².